The molecular formula is C15H19ClN2O5. The van der Waals surface area contributed by atoms with Gasteiger partial charge in [0.2, 0.25) is 11.8 Å². The van der Waals surface area contributed by atoms with Crippen molar-refractivity contribution in [1.29, 1.82) is 0 Å². The number of carboxylic acid groups (broad SMARTS) is 1. The first-order valence-corrected chi connectivity index (χ1v) is 7.31. The Morgan fingerprint density at radius 2 is 1.96 bits per heavy atom. The normalized spacial score (nSPS) is 10.0. The molecule has 126 valence electrons. The Hall–Kier alpha value is -2.28. The highest BCUT2D eigenvalue weighted by atomic mass is 35.5. The monoisotopic (exact) mass is 342 g/mol. The van der Waals surface area contributed by atoms with E-state index in [-0.39, 0.29) is 29.0 Å². The first-order valence-electron chi connectivity index (χ1n) is 6.93. The van der Waals surface area contributed by atoms with Gasteiger partial charge >= 0.3 is 5.97 Å². The van der Waals surface area contributed by atoms with Gasteiger partial charge in [-0.25, -0.2) is 4.79 Å². The third-order valence-electron chi connectivity index (χ3n) is 2.86. The number of rotatable bonds is 8. The van der Waals surface area contributed by atoms with Gasteiger partial charge in [-0.15, -0.1) is 0 Å². The lowest BCUT2D eigenvalue weighted by Gasteiger charge is -2.10. The van der Waals surface area contributed by atoms with Crippen molar-refractivity contribution < 1.29 is 24.2 Å². The van der Waals surface area contributed by atoms with Crippen LogP contribution in [0, 0.1) is 0 Å². The van der Waals surface area contributed by atoms with Crippen molar-refractivity contribution in [3.8, 4) is 5.75 Å². The number of anilines is 1. The summed E-state index contributed by atoms with van der Waals surface area (Å²) >= 11 is 5.96. The molecule has 0 atom stereocenters. The summed E-state index contributed by atoms with van der Waals surface area (Å²) in [7, 11) is 3.33. The van der Waals surface area contributed by atoms with Gasteiger partial charge in [-0.05, 0) is 24.6 Å². The SMILES string of the molecule is CN(C)C(=O)CCCC(=O)Nc1ccc(OCC(=O)O)c(Cl)c1. The van der Waals surface area contributed by atoms with Crippen molar-refractivity contribution in [2.45, 2.75) is 19.3 Å². The number of aliphatic carboxylic acids is 1. The van der Waals surface area contributed by atoms with Crippen LogP contribution in [0.2, 0.25) is 5.02 Å². The highest BCUT2D eigenvalue weighted by Crippen LogP contribution is 2.27. The summed E-state index contributed by atoms with van der Waals surface area (Å²) in [6.07, 6.45) is 0.980. The van der Waals surface area contributed by atoms with Gasteiger partial charge in [0.25, 0.3) is 0 Å². The van der Waals surface area contributed by atoms with Gasteiger partial charge in [-0.3, -0.25) is 9.59 Å². The highest BCUT2D eigenvalue weighted by molar-refractivity contribution is 6.32. The van der Waals surface area contributed by atoms with Crippen LogP contribution >= 0.6 is 11.6 Å². The molecule has 2 amide bonds. The van der Waals surface area contributed by atoms with Crippen LogP contribution in [0.3, 0.4) is 0 Å². The van der Waals surface area contributed by atoms with Crippen LogP contribution in [0.25, 0.3) is 0 Å². The number of hydrogen-bond donors (Lipinski definition) is 2. The van der Waals surface area contributed by atoms with Crippen LogP contribution in [0.4, 0.5) is 5.69 Å². The quantitative estimate of drug-likeness (QED) is 0.753. The van der Waals surface area contributed by atoms with E-state index in [4.69, 9.17) is 21.4 Å². The van der Waals surface area contributed by atoms with Crippen molar-refractivity contribution in [2.75, 3.05) is 26.0 Å². The van der Waals surface area contributed by atoms with Crippen LogP contribution in [0.1, 0.15) is 19.3 Å². The first kappa shape index (κ1) is 18.8. The minimum Gasteiger partial charge on any atom is -0.480 e. The van der Waals surface area contributed by atoms with Gasteiger partial charge in [0.05, 0.1) is 5.02 Å². The van der Waals surface area contributed by atoms with Gasteiger partial charge in [-0.2, -0.15) is 0 Å². The number of nitrogens with one attached hydrogen (secondary N) is 1. The molecule has 0 aliphatic carbocycles. The van der Waals surface area contributed by atoms with E-state index in [9.17, 15) is 14.4 Å². The van der Waals surface area contributed by atoms with E-state index in [0.29, 0.717) is 18.5 Å². The Balaban J connectivity index is 2.47. The fourth-order valence-corrected chi connectivity index (χ4v) is 1.92. The predicted octanol–water partition coefficient (Wildman–Crippen LogP) is 2.00. The molecule has 1 aromatic carbocycles. The molecule has 23 heavy (non-hydrogen) atoms. The second kappa shape index (κ2) is 8.99. The van der Waals surface area contributed by atoms with E-state index >= 15 is 0 Å². The second-order valence-corrected chi connectivity index (χ2v) is 5.42. The summed E-state index contributed by atoms with van der Waals surface area (Å²) < 4.78 is 4.99. The Kier molecular flexibility index (Phi) is 7.34. The summed E-state index contributed by atoms with van der Waals surface area (Å²) in [5.41, 5.74) is 0.474. The maximum absolute atomic E-state index is 11.8. The summed E-state index contributed by atoms with van der Waals surface area (Å²) in [6, 6.07) is 4.52. The minimum atomic E-state index is -1.11. The van der Waals surface area contributed by atoms with Crippen molar-refractivity contribution >= 4 is 35.1 Å². The fraction of sp³-hybridized carbons (Fsp3) is 0.400. The number of carbonyl (C=O) groups excluding carboxylic acids is 2. The van der Waals surface area contributed by atoms with Gasteiger partial charge in [-0.1, -0.05) is 11.6 Å². The van der Waals surface area contributed by atoms with Crippen molar-refractivity contribution in [1.82, 2.24) is 4.90 Å². The number of carboxylic acids is 1. The van der Waals surface area contributed by atoms with Crippen molar-refractivity contribution in [3.63, 3.8) is 0 Å². The van der Waals surface area contributed by atoms with Crippen LogP contribution in [-0.4, -0.2) is 48.5 Å². The molecule has 2 N–H and O–H groups in total. The number of ether oxygens (including phenoxy) is 1. The zero-order valence-electron chi connectivity index (χ0n) is 13.0. The van der Waals surface area contributed by atoms with E-state index in [2.05, 4.69) is 5.32 Å². The van der Waals surface area contributed by atoms with E-state index in [1.165, 1.54) is 17.0 Å². The maximum Gasteiger partial charge on any atom is 0.341 e. The summed E-state index contributed by atoms with van der Waals surface area (Å²) in [4.78, 5) is 35.1. The summed E-state index contributed by atoms with van der Waals surface area (Å²) in [6.45, 7) is -0.495. The molecule has 0 aromatic heterocycles. The standard InChI is InChI=1S/C15H19ClN2O5/c1-18(2)14(20)5-3-4-13(19)17-10-6-7-12(11(16)8-10)23-9-15(21)22/h6-8H,3-5,9H2,1-2H3,(H,17,19)(H,21,22). The molecule has 0 fully saturated rings. The molecule has 7 nitrogen and oxygen atoms in total. The molecule has 8 heteroatoms. The largest absolute Gasteiger partial charge is 0.480 e. The zero-order valence-corrected chi connectivity index (χ0v) is 13.7. The minimum absolute atomic E-state index is 0.0271. The molecule has 0 radical (unpaired) electrons. The molecule has 0 saturated heterocycles. The van der Waals surface area contributed by atoms with E-state index in [0.717, 1.165) is 0 Å². The Morgan fingerprint density at radius 3 is 2.52 bits per heavy atom. The lowest BCUT2D eigenvalue weighted by Crippen LogP contribution is -2.21. The Morgan fingerprint density at radius 1 is 1.26 bits per heavy atom. The van der Waals surface area contributed by atoms with Crippen LogP contribution < -0.4 is 10.1 Å². The third-order valence-corrected chi connectivity index (χ3v) is 3.16. The molecule has 0 aliphatic rings. The third kappa shape index (κ3) is 7.01. The van der Waals surface area contributed by atoms with E-state index in [1.54, 1.807) is 20.2 Å². The number of hydrogen-bond acceptors (Lipinski definition) is 4. The molecule has 1 rings (SSSR count). The summed E-state index contributed by atoms with van der Waals surface area (Å²) in [5, 5.41) is 11.4. The van der Waals surface area contributed by atoms with Crippen LogP contribution in [-0.2, 0) is 14.4 Å². The number of benzene rings is 1. The van der Waals surface area contributed by atoms with Gasteiger partial charge in [0.15, 0.2) is 6.61 Å². The lowest BCUT2D eigenvalue weighted by atomic mass is 10.2. The summed E-state index contributed by atoms with van der Waals surface area (Å²) in [5.74, 6) is -1.14. The molecular weight excluding hydrogens is 324 g/mol. The van der Waals surface area contributed by atoms with Crippen molar-refractivity contribution in [3.05, 3.63) is 23.2 Å². The predicted molar refractivity (Wildman–Crippen MR) is 85.8 cm³/mol. The highest BCUT2D eigenvalue weighted by Gasteiger charge is 2.09. The number of amides is 2. The smallest absolute Gasteiger partial charge is 0.341 e. The first-order chi connectivity index (χ1) is 10.8. The van der Waals surface area contributed by atoms with E-state index in [1.807, 2.05) is 0 Å². The second-order valence-electron chi connectivity index (χ2n) is 5.02. The molecule has 1 aromatic rings. The Bertz CT molecular complexity index is 589. The topological polar surface area (TPSA) is 95.9 Å². The van der Waals surface area contributed by atoms with Crippen LogP contribution in [0.15, 0.2) is 18.2 Å². The number of carbonyl (C=O) groups is 3. The maximum atomic E-state index is 11.8. The average molecular weight is 343 g/mol. The number of nitrogens with zero attached hydrogens (tertiary/aromatic N) is 1. The van der Waals surface area contributed by atoms with Crippen LogP contribution in [0.5, 0.6) is 5.75 Å². The van der Waals surface area contributed by atoms with Crippen molar-refractivity contribution in [2.24, 2.45) is 0 Å². The lowest BCUT2D eigenvalue weighted by molar-refractivity contribution is -0.139. The van der Waals surface area contributed by atoms with E-state index < -0.39 is 12.6 Å². The van der Waals surface area contributed by atoms with Gasteiger partial charge in [0.1, 0.15) is 5.75 Å². The molecule has 0 unspecified atom stereocenters. The average Bonchev–Trinajstić information content (AvgIpc) is 2.45. The van der Waals surface area contributed by atoms with Gasteiger partial charge in [0, 0.05) is 32.6 Å². The number of halogens is 1. The molecule has 0 saturated carbocycles. The molecule has 0 heterocycles. The molecule has 0 bridgehead atoms. The Labute approximate surface area is 139 Å². The molecule has 0 aliphatic heterocycles. The fourth-order valence-electron chi connectivity index (χ4n) is 1.68. The molecule has 0 spiro atoms. The zero-order chi connectivity index (χ0) is 17.4. The van der Waals surface area contributed by atoms with Gasteiger partial charge < -0.3 is 20.1 Å².